The minimum absolute atomic E-state index is 0.671. The van der Waals surface area contributed by atoms with Crippen LogP contribution in [-0.2, 0) is 0 Å². The van der Waals surface area contributed by atoms with E-state index >= 15 is 0 Å². The van der Waals surface area contributed by atoms with Crippen LogP contribution in [0.3, 0.4) is 0 Å². The maximum absolute atomic E-state index is 13.2. The summed E-state index contributed by atoms with van der Waals surface area (Å²) in [5.74, 6) is 5.33. The predicted octanol–water partition coefficient (Wildman–Crippen LogP) is 6.11. The van der Waals surface area contributed by atoms with Crippen molar-refractivity contribution in [1.29, 1.82) is 0 Å². The average molecular weight is 379 g/mol. The number of aromatic nitrogens is 1. The Bertz CT molecular complexity index is 945. The normalized spacial score (nSPS) is 10.4. The molecule has 0 spiro atoms. The third-order valence-corrected chi connectivity index (χ3v) is 4.38. The first kappa shape index (κ1) is 19.7. The van der Waals surface area contributed by atoms with Crippen LogP contribution < -0.4 is 4.74 Å². The van der Waals surface area contributed by atoms with Crippen molar-refractivity contribution in [3.05, 3.63) is 83.7 Å². The molecular weight excluding hydrogens is 356 g/mol. The van der Waals surface area contributed by atoms with Crippen molar-refractivity contribution < 1.29 is 13.5 Å². The maximum atomic E-state index is 13.2. The quantitative estimate of drug-likeness (QED) is 0.357. The van der Waals surface area contributed by atoms with Crippen LogP contribution in [0.5, 0.6) is 5.75 Å². The molecule has 3 rings (SSSR count). The van der Waals surface area contributed by atoms with Gasteiger partial charge in [0.2, 0.25) is 0 Å². The summed E-state index contributed by atoms with van der Waals surface area (Å²) < 4.78 is 33.6. The fourth-order valence-corrected chi connectivity index (χ4v) is 2.82. The van der Waals surface area contributed by atoms with E-state index in [1.165, 1.54) is 23.8 Å². The largest absolute Gasteiger partial charge is 0.492 e. The van der Waals surface area contributed by atoms with E-state index in [0.717, 1.165) is 35.7 Å². The molecule has 0 radical (unpaired) electrons. The van der Waals surface area contributed by atoms with E-state index in [0.29, 0.717) is 12.3 Å². The Morgan fingerprint density at radius 3 is 2.29 bits per heavy atom. The van der Waals surface area contributed by atoms with E-state index in [2.05, 4.69) is 18.8 Å². The van der Waals surface area contributed by atoms with Gasteiger partial charge in [-0.2, -0.15) is 0 Å². The molecule has 0 aliphatic rings. The molecule has 0 N–H and O–H groups in total. The van der Waals surface area contributed by atoms with Gasteiger partial charge in [-0.05, 0) is 42.8 Å². The summed E-state index contributed by atoms with van der Waals surface area (Å²) in [5, 5.41) is 0. The summed E-state index contributed by atoms with van der Waals surface area (Å²) in [6.07, 6.45) is 6.87. The van der Waals surface area contributed by atoms with Gasteiger partial charge in [0.05, 0.1) is 12.2 Å². The number of ether oxygens (including phenoxy) is 1. The minimum Gasteiger partial charge on any atom is -0.492 e. The van der Waals surface area contributed by atoms with Crippen LogP contribution in [0, 0.1) is 23.5 Å². The molecule has 0 bridgehead atoms. The van der Waals surface area contributed by atoms with Gasteiger partial charge in [0.1, 0.15) is 5.75 Å². The van der Waals surface area contributed by atoms with Gasteiger partial charge >= 0.3 is 0 Å². The molecule has 144 valence electrons. The van der Waals surface area contributed by atoms with Crippen molar-refractivity contribution in [2.24, 2.45) is 0 Å². The lowest BCUT2D eigenvalue weighted by Gasteiger charge is -2.07. The second-order valence-electron chi connectivity index (χ2n) is 6.56. The molecule has 1 heterocycles. The zero-order chi connectivity index (χ0) is 19.8. The SMILES string of the molecule is CCCCCCOc1ccccc1C#Cc1ccc(-n2cc(F)c(F)c2)cc1. The summed E-state index contributed by atoms with van der Waals surface area (Å²) in [4.78, 5) is 0. The highest BCUT2D eigenvalue weighted by molar-refractivity contribution is 5.50. The number of para-hydroxylation sites is 1. The second kappa shape index (κ2) is 9.75. The predicted molar refractivity (Wildman–Crippen MR) is 108 cm³/mol. The number of benzene rings is 2. The van der Waals surface area contributed by atoms with Crippen LogP contribution in [0.2, 0.25) is 0 Å². The number of hydrogen-bond acceptors (Lipinski definition) is 1. The van der Waals surface area contributed by atoms with Crippen LogP contribution >= 0.6 is 0 Å². The van der Waals surface area contributed by atoms with Crippen LogP contribution in [0.15, 0.2) is 60.9 Å². The third kappa shape index (κ3) is 5.23. The third-order valence-electron chi connectivity index (χ3n) is 4.38. The Morgan fingerprint density at radius 1 is 0.857 bits per heavy atom. The van der Waals surface area contributed by atoms with Gasteiger partial charge in [-0.3, -0.25) is 0 Å². The van der Waals surface area contributed by atoms with Gasteiger partial charge in [-0.15, -0.1) is 0 Å². The van der Waals surface area contributed by atoms with Gasteiger partial charge in [0, 0.05) is 23.6 Å². The Balaban J connectivity index is 1.68. The van der Waals surface area contributed by atoms with Gasteiger partial charge < -0.3 is 9.30 Å². The Kier molecular flexibility index (Phi) is 6.86. The van der Waals surface area contributed by atoms with E-state index < -0.39 is 11.6 Å². The summed E-state index contributed by atoms with van der Waals surface area (Å²) in [5.41, 5.74) is 2.33. The van der Waals surface area contributed by atoms with E-state index in [1.54, 1.807) is 12.1 Å². The molecule has 28 heavy (non-hydrogen) atoms. The van der Waals surface area contributed by atoms with Crippen LogP contribution in [0.1, 0.15) is 43.7 Å². The van der Waals surface area contributed by atoms with Crippen LogP contribution in [0.4, 0.5) is 8.78 Å². The number of nitrogens with zero attached hydrogens (tertiary/aromatic N) is 1. The van der Waals surface area contributed by atoms with Gasteiger partial charge in [0.25, 0.3) is 0 Å². The van der Waals surface area contributed by atoms with Crippen molar-refractivity contribution in [2.75, 3.05) is 6.61 Å². The van der Waals surface area contributed by atoms with Gasteiger partial charge in [0.15, 0.2) is 11.6 Å². The van der Waals surface area contributed by atoms with Crippen molar-refractivity contribution in [1.82, 2.24) is 4.57 Å². The average Bonchev–Trinajstić information content (AvgIpc) is 3.06. The number of hydrogen-bond donors (Lipinski definition) is 0. The highest BCUT2D eigenvalue weighted by atomic mass is 19.2. The molecule has 4 heteroatoms. The zero-order valence-electron chi connectivity index (χ0n) is 15.9. The molecule has 0 atom stereocenters. The van der Waals surface area contributed by atoms with Crippen molar-refractivity contribution in [2.45, 2.75) is 32.6 Å². The van der Waals surface area contributed by atoms with E-state index in [9.17, 15) is 8.78 Å². The molecule has 0 aliphatic carbocycles. The highest BCUT2D eigenvalue weighted by Crippen LogP contribution is 2.18. The molecule has 1 aromatic heterocycles. The summed E-state index contributed by atoms with van der Waals surface area (Å²) in [7, 11) is 0. The molecule has 2 aromatic carbocycles. The van der Waals surface area contributed by atoms with E-state index in [4.69, 9.17) is 4.74 Å². The fourth-order valence-electron chi connectivity index (χ4n) is 2.82. The number of halogens is 2. The first-order valence-electron chi connectivity index (χ1n) is 9.54. The second-order valence-corrected chi connectivity index (χ2v) is 6.56. The zero-order valence-corrected chi connectivity index (χ0v) is 15.9. The number of unbranched alkanes of at least 4 members (excludes halogenated alkanes) is 3. The summed E-state index contributed by atoms with van der Waals surface area (Å²) in [6, 6.07) is 15.0. The Labute approximate surface area is 164 Å². The van der Waals surface area contributed by atoms with Gasteiger partial charge in [-0.25, -0.2) is 8.78 Å². The lowest BCUT2D eigenvalue weighted by molar-refractivity contribution is 0.304. The molecule has 0 fully saturated rings. The fraction of sp³-hybridized carbons (Fsp3) is 0.250. The number of rotatable bonds is 7. The lowest BCUT2D eigenvalue weighted by atomic mass is 10.1. The lowest BCUT2D eigenvalue weighted by Crippen LogP contribution is -1.98. The standard InChI is InChI=1S/C24H23F2NO/c1-2-3-4-7-16-28-24-9-6-5-8-20(24)13-10-19-11-14-21(15-12-19)27-17-22(25)23(26)18-27/h5-6,8-9,11-12,14-15,17-18H,2-4,7,16H2,1H3. The molecule has 0 amide bonds. The molecule has 0 saturated heterocycles. The van der Waals surface area contributed by atoms with Crippen LogP contribution in [-0.4, -0.2) is 11.2 Å². The smallest absolute Gasteiger partial charge is 0.176 e. The van der Waals surface area contributed by atoms with E-state index in [1.807, 2.05) is 36.4 Å². The minimum atomic E-state index is -0.866. The monoisotopic (exact) mass is 379 g/mol. The molecule has 0 saturated carbocycles. The topological polar surface area (TPSA) is 14.2 Å². The molecule has 2 nitrogen and oxygen atoms in total. The Hall–Kier alpha value is -3.06. The highest BCUT2D eigenvalue weighted by Gasteiger charge is 2.06. The van der Waals surface area contributed by atoms with Crippen molar-refractivity contribution >= 4 is 0 Å². The molecule has 0 aliphatic heterocycles. The molecule has 0 unspecified atom stereocenters. The first-order chi connectivity index (χ1) is 13.7. The molecule has 3 aromatic rings. The van der Waals surface area contributed by atoms with Crippen molar-refractivity contribution in [3.63, 3.8) is 0 Å². The van der Waals surface area contributed by atoms with Crippen molar-refractivity contribution in [3.8, 4) is 23.3 Å². The van der Waals surface area contributed by atoms with E-state index in [-0.39, 0.29) is 0 Å². The summed E-state index contributed by atoms with van der Waals surface area (Å²) >= 11 is 0. The summed E-state index contributed by atoms with van der Waals surface area (Å²) in [6.45, 7) is 2.88. The van der Waals surface area contributed by atoms with Crippen LogP contribution in [0.25, 0.3) is 5.69 Å². The van der Waals surface area contributed by atoms with Gasteiger partial charge in [-0.1, -0.05) is 50.2 Å². The Morgan fingerprint density at radius 2 is 1.57 bits per heavy atom. The molecular formula is C24H23F2NO. The maximum Gasteiger partial charge on any atom is 0.176 e. The first-order valence-corrected chi connectivity index (χ1v) is 9.54.